The number of thiophene rings is 1. The maximum atomic E-state index is 12.6. The largest absolute Gasteiger partial charge is 0.381 e. The normalized spacial score (nSPS) is 11.0. The van der Waals surface area contributed by atoms with Crippen molar-refractivity contribution in [2.24, 2.45) is 0 Å². The van der Waals surface area contributed by atoms with Gasteiger partial charge in [0.15, 0.2) is 5.82 Å². The monoisotopic (exact) mass is 453 g/mol. The summed E-state index contributed by atoms with van der Waals surface area (Å²) in [6.07, 6.45) is 1.24. The summed E-state index contributed by atoms with van der Waals surface area (Å²) in [5, 5.41) is 25.0. The number of aromatic amines is 1. The van der Waals surface area contributed by atoms with Crippen LogP contribution in [0.5, 0.6) is 0 Å². The molecule has 0 aliphatic carbocycles. The molecule has 0 unspecified atom stereocenters. The first-order chi connectivity index (χ1) is 15.0. The molecule has 158 valence electrons. The zero-order valence-electron chi connectivity index (χ0n) is 16.8. The molecule has 31 heavy (non-hydrogen) atoms. The second-order valence-electron chi connectivity index (χ2n) is 7.13. The first-order valence-electron chi connectivity index (χ1n) is 9.68. The third-order valence-electron chi connectivity index (χ3n) is 4.95. The number of rotatable bonds is 7. The molecular weight excluding hydrogens is 434 g/mol. The quantitative estimate of drug-likeness (QED) is 0.368. The molecule has 0 spiro atoms. The van der Waals surface area contributed by atoms with E-state index in [4.69, 9.17) is 22.6 Å². The molecule has 0 bridgehead atoms. The van der Waals surface area contributed by atoms with Crippen LogP contribution in [0.15, 0.2) is 30.3 Å². The lowest BCUT2D eigenvalue weighted by molar-refractivity contribution is 0.0957. The first-order valence-corrected chi connectivity index (χ1v) is 10.9. The Morgan fingerprint density at radius 2 is 2.16 bits per heavy atom. The molecule has 1 aromatic carbocycles. The van der Waals surface area contributed by atoms with Crippen molar-refractivity contribution in [3.05, 3.63) is 62.7 Å². The Kier molecular flexibility index (Phi) is 5.93. The van der Waals surface area contributed by atoms with E-state index in [-0.39, 0.29) is 11.7 Å². The van der Waals surface area contributed by atoms with Crippen LogP contribution in [0, 0.1) is 18.3 Å². The molecule has 0 radical (unpaired) electrons. The summed E-state index contributed by atoms with van der Waals surface area (Å²) < 4.78 is 1.92. The summed E-state index contributed by atoms with van der Waals surface area (Å²) in [5.74, 6) is 0.0816. The van der Waals surface area contributed by atoms with Crippen molar-refractivity contribution in [3.63, 3.8) is 0 Å². The number of nitriles is 1. The van der Waals surface area contributed by atoms with Gasteiger partial charge in [-0.25, -0.2) is 0 Å². The van der Waals surface area contributed by atoms with E-state index in [1.165, 1.54) is 11.3 Å². The van der Waals surface area contributed by atoms with Gasteiger partial charge in [-0.05, 0) is 43.5 Å². The number of nitrogens with one attached hydrogen (secondary N) is 2. The Morgan fingerprint density at radius 1 is 1.39 bits per heavy atom. The number of benzene rings is 1. The number of aromatic nitrogens is 4. The summed E-state index contributed by atoms with van der Waals surface area (Å²) in [5.41, 5.74) is 8.68. The van der Waals surface area contributed by atoms with Crippen LogP contribution in [0.4, 0.5) is 5.82 Å². The van der Waals surface area contributed by atoms with Gasteiger partial charge in [0, 0.05) is 17.0 Å². The minimum Gasteiger partial charge on any atom is -0.381 e. The van der Waals surface area contributed by atoms with E-state index >= 15 is 0 Å². The smallest absolute Gasteiger partial charge is 0.261 e. The Bertz CT molecular complexity index is 1280. The van der Waals surface area contributed by atoms with Crippen LogP contribution in [0.2, 0.25) is 5.02 Å². The number of hydrogen-bond acceptors (Lipinski definition) is 6. The number of nitrogens with zero attached hydrogens (tertiary/aromatic N) is 4. The van der Waals surface area contributed by atoms with Gasteiger partial charge in [0.05, 0.1) is 22.8 Å². The third kappa shape index (κ3) is 4.40. The summed E-state index contributed by atoms with van der Waals surface area (Å²) >= 11 is 7.39. The highest BCUT2D eigenvalue weighted by Crippen LogP contribution is 2.29. The van der Waals surface area contributed by atoms with Crippen molar-refractivity contribution in [1.82, 2.24) is 25.3 Å². The van der Waals surface area contributed by atoms with Crippen molar-refractivity contribution in [2.75, 3.05) is 12.3 Å². The lowest BCUT2D eigenvalue weighted by Gasteiger charge is -2.04. The molecule has 0 saturated carbocycles. The Morgan fingerprint density at radius 3 is 2.90 bits per heavy atom. The number of hydrogen-bond donors (Lipinski definition) is 3. The van der Waals surface area contributed by atoms with Crippen LogP contribution in [0.1, 0.15) is 38.6 Å². The molecule has 3 aromatic heterocycles. The zero-order valence-corrected chi connectivity index (χ0v) is 18.3. The zero-order chi connectivity index (χ0) is 22.0. The number of amides is 1. The molecule has 1 amide bonds. The van der Waals surface area contributed by atoms with E-state index in [9.17, 15) is 4.79 Å². The Balaban J connectivity index is 1.40. The van der Waals surface area contributed by atoms with E-state index in [0.29, 0.717) is 47.1 Å². The van der Waals surface area contributed by atoms with Gasteiger partial charge in [0.1, 0.15) is 16.5 Å². The second-order valence-corrected chi connectivity index (χ2v) is 8.60. The minimum atomic E-state index is -0.122. The highest BCUT2D eigenvalue weighted by atomic mass is 35.5. The van der Waals surface area contributed by atoms with E-state index < -0.39 is 0 Å². The van der Waals surface area contributed by atoms with Crippen molar-refractivity contribution in [3.8, 4) is 6.07 Å². The number of nitrogens with two attached hydrogens (primary N) is 1. The summed E-state index contributed by atoms with van der Waals surface area (Å²) in [4.78, 5) is 14.2. The molecule has 3 heterocycles. The fourth-order valence-electron chi connectivity index (χ4n) is 3.35. The van der Waals surface area contributed by atoms with Crippen LogP contribution in [-0.4, -0.2) is 32.4 Å². The van der Waals surface area contributed by atoms with Gasteiger partial charge >= 0.3 is 0 Å². The van der Waals surface area contributed by atoms with Gasteiger partial charge < -0.3 is 11.1 Å². The Hall–Kier alpha value is -3.35. The van der Waals surface area contributed by atoms with Crippen LogP contribution >= 0.6 is 22.9 Å². The van der Waals surface area contributed by atoms with E-state index in [1.807, 2.05) is 48.0 Å². The molecule has 10 heteroatoms. The van der Waals surface area contributed by atoms with Crippen LogP contribution in [0.3, 0.4) is 0 Å². The van der Waals surface area contributed by atoms with Gasteiger partial charge in [0.2, 0.25) is 0 Å². The SMILES string of the molecule is Cc1nn(Cc2ccc(Cl)cc2)c2sc(C(=O)NCCCc3[nH]nc(N)c3C#N)cc12. The molecule has 8 nitrogen and oxygen atoms in total. The Labute approximate surface area is 187 Å². The lowest BCUT2D eigenvalue weighted by Crippen LogP contribution is -2.24. The summed E-state index contributed by atoms with van der Waals surface area (Å²) in [6.45, 7) is 3.03. The molecule has 0 aliphatic heterocycles. The van der Waals surface area contributed by atoms with Gasteiger partial charge in [-0.1, -0.05) is 23.7 Å². The molecular formula is C21H20ClN7OS. The van der Waals surface area contributed by atoms with Crippen molar-refractivity contribution < 1.29 is 4.79 Å². The topological polar surface area (TPSA) is 125 Å². The molecule has 0 atom stereocenters. The second kappa shape index (κ2) is 8.79. The highest BCUT2D eigenvalue weighted by Gasteiger charge is 2.17. The molecule has 0 aliphatic rings. The number of carbonyl (C=O) groups excluding carboxylic acids is 1. The molecule has 0 fully saturated rings. The number of halogens is 1. The van der Waals surface area contributed by atoms with Crippen molar-refractivity contribution in [2.45, 2.75) is 26.3 Å². The van der Waals surface area contributed by atoms with Crippen LogP contribution in [0.25, 0.3) is 10.2 Å². The van der Waals surface area contributed by atoms with E-state index in [2.05, 4.69) is 20.6 Å². The third-order valence-corrected chi connectivity index (χ3v) is 6.35. The molecule has 4 N–H and O–H groups in total. The van der Waals surface area contributed by atoms with Crippen molar-refractivity contribution >= 4 is 44.9 Å². The summed E-state index contributed by atoms with van der Waals surface area (Å²) in [7, 11) is 0. The molecule has 4 rings (SSSR count). The number of anilines is 1. The maximum Gasteiger partial charge on any atom is 0.261 e. The average molecular weight is 454 g/mol. The van der Waals surface area contributed by atoms with Crippen molar-refractivity contribution in [1.29, 1.82) is 5.26 Å². The van der Waals surface area contributed by atoms with Gasteiger partial charge in [-0.15, -0.1) is 11.3 Å². The number of nitrogen functional groups attached to an aromatic ring is 1. The predicted octanol–water partition coefficient (Wildman–Crippen LogP) is 3.65. The minimum absolute atomic E-state index is 0.122. The maximum absolute atomic E-state index is 12.6. The lowest BCUT2D eigenvalue weighted by atomic mass is 10.1. The first kappa shape index (κ1) is 20.9. The van der Waals surface area contributed by atoms with Gasteiger partial charge in [-0.3, -0.25) is 14.6 Å². The van der Waals surface area contributed by atoms with Gasteiger partial charge in [-0.2, -0.15) is 15.5 Å². The number of H-pyrrole nitrogens is 1. The fourth-order valence-corrected chi connectivity index (χ4v) is 4.55. The van der Waals surface area contributed by atoms with E-state index in [1.54, 1.807) is 0 Å². The van der Waals surface area contributed by atoms with E-state index in [0.717, 1.165) is 21.5 Å². The average Bonchev–Trinajstić information content (AvgIpc) is 3.42. The number of carbonyl (C=O) groups is 1. The predicted molar refractivity (Wildman–Crippen MR) is 121 cm³/mol. The van der Waals surface area contributed by atoms with Crippen LogP contribution in [-0.2, 0) is 13.0 Å². The molecule has 0 saturated heterocycles. The highest BCUT2D eigenvalue weighted by molar-refractivity contribution is 7.20. The number of aryl methyl sites for hydroxylation is 2. The molecule has 4 aromatic rings. The van der Waals surface area contributed by atoms with Crippen LogP contribution < -0.4 is 11.1 Å². The fraction of sp³-hybridized carbons (Fsp3) is 0.238. The summed E-state index contributed by atoms with van der Waals surface area (Å²) in [6, 6.07) is 11.6. The number of fused-ring (bicyclic) bond motifs is 1. The van der Waals surface area contributed by atoms with Gasteiger partial charge in [0.25, 0.3) is 5.91 Å². The standard InChI is InChI=1S/C21H20ClN7OS/c1-12-15-9-18(20(30)25-8-2-3-17-16(10-23)19(24)27-26-17)31-21(15)29(28-12)11-13-4-6-14(22)7-5-13/h4-7,9H,2-3,8,11H2,1H3,(H,25,30)(H3,24,26,27).